The average Bonchev–Trinajstić information content (AvgIpc) is 3.10. The molecule has 0 saturated heterocycles. The van der Waals surface area contributed by atoms with Crippen LogP contribution in [0.25, 0.3) is 11.3 Å². The van der Waals surface area contributed by atoms with Gasteiger partial charge in [0.25, 0.3) is 0 Å². The summed E-state index contributed by atoms with van der Waals surface area (Å²) in [5.74, 6) is -0.0357. The van der Waals surface area contributed by atoms with Crippen LogP contribution in [0.2, 0.25) is 0 Å². The van der Waals surface area contributed by atoms with Crippen molar-refractivity contribution in [1.29, 1.82) is 0 Å². The van der Waals surface area contributed by atoms with Crippen LogP contribution in [0.5, 0.6) is 0 Å². The summed E-state index contributed by atoms with van der Waals surface area (Å²) in [6, 6.07) is 16.6. The van der Waals surface area contributed by atoms with E-state index in [2.05, 4.69) is 60.5 Å². The van der Waals surface area contributed by atoms with Gasteiger partial charge >= 0.3 is 0 Å². The number of carbonyl (C=O) groups excluding carboxylic acids is 1. The first-order valence-corrected chi connectivity index (χ1v) is 9.48. The monoisotopic (exact) mass is 350 g/mol. The van der Waals surface area contributed by atoms with Crippen LogP contribution < -0.4 is 5.32 Å². The van der Waals surface area contributed by atoms with Crippen molar-refractivity contribution >= 4 is 22.4 Å². The molecule has 0 radical (unpaired) electrons. The topological polar surface area (TPSA) is 42.0 Å². The number of hydrogen-bond donors (Lipinski definition) is 1. The van der Waals surface area contributed by atoms with Gasteiger partial charge in [-0.15, -0.1) is 11.3 Å². The van der Waals surface area contributed by atoms with E-state index in [1.807, 2.05) is 17.5 Å². The van der Waals surface area contributed by atoms with Gasteiger partial charge in [-0.2, -0.15) is 0 Å². The highest BCUT2D eigenvalue weighted by molar-refractivity contribution is 7.14. The first kappa shape index (κ1) is 17.4. The van der Waals surface area contributed by atoms with E-state index in [0.717, 1.165) is 29.7 Å². The average molecular weight is 350 g/mol. The third-order valence-electron chi connectivity index (χ3n) is 4.20. The number of benzene rings is 2. The Kier molecular flexibility index (Phi) is 5.61. The number of nitrogens with zero attached hydrogens (tertiary/aromatic N) is 1. The van der Waals surface area contributed by atoms with Crippen LogP contribution in [-0.4, -0.2) is 10.9 Å². The number of anilines is 1. The summed E-state index contributed by atoms with van der Waals surface area (Å²) in [5, 5.41) is 5.52. The fraction of sp³-hybridized carbons (Fsp3) is 0.238. The van der Waals surface area contributed by atoms with E-state index in [9.17, 15) is 4.79 Å². The van der Waals surface area contributed by atoms with Gasteiger partial charge in [0.1, 0.15) is 0 Å². The Bertz CT molecular complexity index is 835. The predicted molar refractivity (Wildman–Crippen MR) is 105 cm³/mol. The minimum atomic E-state index is -0.0357. The van der Waals surface area contributed by atoms with E-state index in [1.54, 1.807) is 0 Å². The lowest BCUT2D eigenvalue weighted by atomic mass is 10.1. The van der Waals surface area contributed by atoms with Gasteiger partial charge in [-0.1, -0.05) is 62.4 Å². The van der Waals surface area contributed by atoms with Gasteiger partial charge in [0.2, 0.25) is 5.91 Å². The zero-order valence-electron chi connectivity index (χ0n) is 14.6. The van der Waals surface area contributed by atoms with E-state index >= 15 is 0 Å². The smallest absolute Gasteiger partial charge is 0.230 e. The number of hydrogen-bond acceptors (Lipinski definition) is 3. The largest absolute Gasteiger partial charge is 0.302 e. The molecule has 0 spiro atoms. The summed E-state index contributed by atoms with van der Waals surface area (Å²) in [7, 11) is 0. The molecule has 3 nitrogen and oxygen atoms in total. The lowest BCUT2D eigenvalue weighted by molar-refractivity contribution is -0.115. The maximum atomic E-state index is 12.2. The molecule has 1 N–H and O–H groups in total. The van der Waals surface area contributed by atoms with Crippen LogP contribution >= 0.6 is 11.3 Å². The Hall–Kier alpha value is -2.46. The van der Waals surface area contributed by atoms with Gasteiger partial charge in [0, 0.05) is 10.9 Å². The molecule has 2 aromatic carbocycles. The molecule has 4 heteroatoms. The summed E-state index contributed by atoms with van der Waals surface area (Å²) < 4.78 is 0. The first-order chi connectivity index (χ1) is 12.2. The highest BCUT2D eigenvalue weighted by Gasteiger charge is 2.09. The fourth-order valence-electron chi connectivity index (χ4n) is 2.62. The number of aryl methyl sites for hydroxylation is 2. The lowest BCUT2D eigenvalue weighted by Crippen LogP contribution is -2.14. The van der Waals surface area contributed by atoms with Crippen molar-refractivity contribution in [2.24, 2.45) is 0 Å². The SMILES string of the molecule is CCc1ccc(CC(=O)Nc2nc(-c3ccc(CC)cc3)cs2)cc1. The second kappa shape index (κ2) is 8.08. The van der Waals surface area contributed by atoms with Crippen molar-refractivity contribution in [3.05, 3.63) is 70.6 Å². The molecule has 0 unspecified atom stereocenters. The minimum Gasteiger partial charge on any atom is -0.302 e. The molecule has 0 aliphatic rings. The molecule has 25 heavy (non-hydrogen) atoms. The van der Waals surface area contributed by atoms with Gasteiger partial charge < -0.3 is 5.32 Å². The number of thiazole rings is 1. The second-order valence-corrected chi connectivity index (χ2v) is 6.84. The van der Waals surface area contributed by atoms with Crippen LogP contribution in [-0.2, 0) is 24.1 Å². The van der Waals surface area contributed by atoms with Crippen molar-refractivity contribution < 1.29 is 4.79 Å². The molecule has 0 bridgehead atoms. The third-order valence-corrected chi connectivity index (χ3v) is 4.96. The Balaban J connectivity index is 1.62. The summed E-state index contributed by atoms with van der Waals surface area (Å²) in [6.45, 7) is 4.26. The van der Waals surface area contributed by atoms with Gasteiger partial charge in [0.05, 0.1) is 12.1 Å². The number of nitrogens with one attached hydrogen (secondary N) is 1. The van der Waals surface area contributed by atoms with Crippen LogP contribution in [0, 0.1) is 0 Å². The van der Waals surface area contributed by atoms with Crippen LogP contribution in [0.1, 0.15) is 30.5 Å². The molecule has 3 rings (SSSR count). The molecule has 0 aliphatic carbocycles. The van der Waals surface area contributed by atoms with Crippen molar-refractivity contribution in [3.63, 3.8) is 0 Å². The molecule has 0 atom stereocenters. The molecule has 1 heterocycles. The highest BCUT2D eigenvalue weighted by atomic mass is 32.1. The molecule has 3 aromatic rings. The molecular weight excluding hydrogens is 328 g/mol. The van der Waals surface area contributed by atoms with E-state index in [4.69, 9.17) is 0 Å². The quantitative estimate of drug-likeness (QED) is 0.671. The third kappa shape index (κ3) is 4.54. The van der Waals surface area contributed by atoms with Gasteiger partial charge in [-0.25, -0.2) is 4.98 Å². The van der Waals surface area contributed by atoms with Crippen molar-refractivity contribution in [2.45, 2.75) is 33.1 Å². The Morgan fingerprint density at radius 3 is 2.08 bits per heavy atom. The van der Waals surface area contributed by atoms with Crippen molar-refractivity contribution in [1.82, 2.24) is 4.98 Å². The van der Waals surface area contributed by atoms with Gasteiger partial charge in [0.15, 0.2) is 5.13 Å². The Morgan fingerprint density at radius 2 is 1.48 bits per heavy atom. The number of amides is 1. The minimum absolute atomic E-state index is 0.0357. The molecule has 1 amide bonds. The normalized spacial score (nSPS) is 10.6. The van der Waals surface area contributed by atoms with E-state index in [1.165, 1.54) is 22.5 Å². The van der Waals surface area contributed by atoms with Crippen LogP contribution in [0.4, 0.5) is 5.13 Å². The van der Waals surface area contributed by atoms with E-state index in [-0.39, 0.29) is 5.91 Å². The fourth-order valence-corrected chi connectivity index (χ4v) is 3.35. The van der Waals surface area contributed by atoms with Crippen molar-refractivity contribution in [2.75, 3.05) is 5.32 Å². The Labute approximate surface area is 152 Å². The standard InChI is InChI=1S/C21H22N2OS/c1-3-15-5-7-17(8-6-15)13-20(24)23-21-22-19(14-25-21)18-11-9-16(4-2)10-12-18/h5-12,14H,3-4,13H2,1-2H3,(H,22,23,24). The Morgan fingerprint density at radius 1 is 0.920 bits per heavy atom. The highest BCUT2D eigenvalue weighted by Crippen LogP contribution is 2.25. The zero-order valence-corrected chi connectivity index (χ0v) is 15.4. The summed E-state index contributed by atoms with van der Waals surface area (Å²) in [6.07, 6.45) is 2.40. The maximum absolute atomic E-state index is 12.2. The maximum Gasteiger partial charge on any atom is 0.230 e. The van der Waals surface area contributed by atoms with Crippen LogP contribution in [0.3, 0.4) is 0 Å². The zero-order chi connectivity index (χ0) is 17.6. The van der Waals surface area contributed by atoms with Crippen molar-refractivity contribution in [3.8, 4) is 11.3 Å². The molecule has 0 fully saturated rings. The first-order valence-electron chi connectivity index (χ1n) is 8.60. The summed E-state index contributed by atoms with van der Waals surface area (Å²) >= 11 is 1.46. The number of aromatic nitrogens is 1. The summed E-state index contributed by atoms with van der Waals surface area (Å²) in [5.41, 5.74) is 5.57. The van der Waals surface area contributed by atoms with E-state index in [0.29, 0.717) is 11.6 Å². The molecule has 128 valence electrons. The molecule has 0 saturated carbocycles. The van der Waals surface area contributed by atoms with E-state index < -0.39 is 0 Å². The van der Waals surface area contributed by atoms with Crippen LogP contribution in [0.15, 0.2) is 53.9 Å². The molecular formula is C21H22N2OS. The summed E-state index contributed by atoms with van der Waals surface area (Å²) in [4.78, 5) is 16.8. The molecule has 0 aliphatic heterocycles. The molecule has 1 aromatic heterocycles. The second-order valence-electron chi connectivity index (χ2n) is 5.98. The van der Waals surface area contributed by atoms with Gasteiger partial charge in [-0.05, 0) is 29.5 Å². The number of carbonyl (C=O) groups is 1. The van der Waals surface area contributed by atoms with Gasteiger partial charge in [-0.3, -0.25) is 4.79 Å². The lowest BCUT2D eigenvalue weighted by Gasteiger charge is -2.03. The predicted octanol–water partition coefficient (Wildman–Crippen LogP) is 5.12. The number of rotatable bonds is 6.